The third-order valence-corrected chi connectivity index (χ3v) is 4.34. The van der Waals surface area contributed by atoms with Crippen LogP contribution < -0.4 is 15.0 Å². The van der Waals surface area contributed by atoms with Crippen LogP contribution in [0.2, 0.25) is 0 Å². The van der Waals surface area contributed by atoms with Gasteiger partial charge in [0.1, 0.15) is 0 Å². The molecule has 0 saturated carbocycles. The Labute approximate surface area is 140 Å². The number of hydrogen-bond donors (Lipinski definition) is 1. The Morgan fingerprint density at radius 1 is 1.17 bits per heavy atom. The van der Waals surface area contributed by atoms with E-state index in [9.17, 15) is 9.59 Å². The molecule has 1 saturated heterocycles. The molecule has 1 N–H and O–H groups in total. The number of methoxy groups -OCH3 is 2. The SMILES string of the molecule is COc1ccc([C@H]2CCCN2C(=O)c2ccc(=O)[nH]c2)cc1OC. The van der Waals surface area contributed by atoms with Crippen molar-refractivity contribution < 1.29 is 14.3 Å². The van der Waals surface area contributed by atoms with Crippen LogP contribution in [0.1, 0.15) is 34.8 Å². The molecule has 24 heavy (non-hydrogen) atoms. The molecular formula is C18H20N2O4. The van der Waals surface area contributed by atoms with Crippen LogP contribution in [-0.2, 0) is 0 Å². The number of benzene rings is 1. The number of aromatic nitrogens is 1. The fourth-order valence-corrected chi connectivity index (χ4v) is 3.13. The highest BCUT2D eigenvalue weighted by atomic mass is 16.5. The monoisotopic (exact) mass is 328 g/mol. The molecule has 6 nitrogen and oxygen atoms in total. The van der Waals surface area contributed by atoms with Crippen molar-refractivity contribution in [3.8, 4) is 11.5 Å². The summed E-state index contributed by atoms with van der Waals surface area (Å²) in [5.41, 5.74) is 1.29. The topological polar surface area (TPSA) is 71.6 Å². The second-order valence-electron chi connectivity index (χ2n) is 5.71. The summed E-state index contributed by atoms with van der Waals surface area (Å²) < 4.78 is 10.6. The Morgan fingerprint density at radius 2 is 1.96 bits per heavy atom. The maximum atomic E-state index is 12.8. The van der Waals surface area contributed by atoms with Crippen molar-refractivity contribution in [1.82, 2.24) is 9.88 Å². The van der Waals surface area contributed by atoms with Gasteiger partial charge in [-0.25, -0.2) is 0 Å². The first kappa shape index (κ1) is 16.1. The van der Waals surface area contributed by atoms with E-state index >= 15 is 0 Å². The van der Waals surface area contributed by atoms with Gasteiger partial charge in [-0.15, -0.1) is 0 Å². The number of carbonyl (C=O) groups excluding carboxylic acids is 1. The molecule has 1 fully saturated rings. The number of ether oxygens (including phenoxy) is 2. The number of aromatic amines is 1. The van der Waals surface area contributed by atoms with E-state index in [0.29, 0.717) is 23.6 Å². The standard InChI is InChI=1S/C18H20N2O4/c1-23-15-7-5-12(10-16(15)24-2)14-4-3-9-20(14)18(22)13-6-8-17(21)19-11-13/h5-8,10-11,14H,3-4,9H2,1-2H3,(H,19,21)/t14-/m1/s1. The van der Waals surface area contributed by atoms with Gasteiger partial charge in [-0.05, 0) is 36.6 Å². The maximum Gasteiger partial charge on any atom is 0.255 e. The lowest BCUT2D eigenvalue weighted by atomic mass is 10.0. The summed E-state index contributed by atoms with van der Waals surface area (Å²) in [4.78, 5) is 28.3. The number of amides is 1. The van der Waals surface area contributed by atoms with Crippen LogP contribution in [0.3, 0.4) is 0 Å². The first-order valence-electron chi connectivity index (χ1n) is 7.85. The highest BCUT2D eigenvalue weighted by Gasteiger charge is 2.31. The molecule has 0 bridgehead atoms. The number of nitrogens with zero attached hydrogens (tertiary/aromatic N) is 1. The fraction of sp³-hybridized carbons (Fsp3) is 0.333. The van der Waals surface area contributed by atoms with E-state index in [4.69, 9.17) is 9.47 Å². The van der Waals surface area contributed by atoms with Crippen LogP contribution in [0.25, 0.3) is 0 Å². The molecule has 1 aliphatic rings. The molecule has 1 atom stereocenters. The van der Waals surface area contributed by atoms with E-state index in [0.717, 1.165) is 18.4 Å². The molecule has 1 aromatic heterocycles. The highest BCUT2D eigenvalue weighted by Crippen LogP contribution is 2.37. The number of hydrogen-bond acceptors (Lipinski definition) is 4. The third kappa shape index (κ3) is 2.99. The molecule has 0 radical (unpaired) electrons. The number of pyridine rings is 1. The predicted octanol–water partition coefficient (Wildman–Crippen LogP) is 2.37. The van der Waals surface area contributed by atoms with Gasteiger partial charge in [0.2, 0.25) is 5.56 Å². The number of likely N-dealkylation sites (tertiary alicyclic amines) is 1. The summed E-state index contributed by atoms with van der Waals surface area (Å²) in [6.07, 6.45) is 3.30. The number of nitrogens with one attached hydrogen (secondary N) is 1. The van der Waals surface area contributed by atoms with Gasteiger partial charge in [0.15, 0.2) is 11.5 Å². The van der Waals surface area contributed by atoms with Gasteiger partial charge in [0, 0.05) is 18.8 Å². The van der Waals surface area contributed by atoms with Crippen molar-refractivity contribution >= 4 is 5.91 Å². The second-order valence-corrected chi connectivity index (χ2v) is 5.71. The molecular weight excluding hydrogens is 308 g/mol. The molecule has 2 heterocycles. The maximum absolute atomic E-state index is 12.8. The molecule has 0 spiro atoms. The number of carbonyl (C=O) groups is 1. The molecule has 6 heteroatoms. The smallest absolute Gasteiger partial charge is 0.255 e. The van der Waals surface area contributed by atoms with Gasteiger partial charge in [0.25, 0.3) is 5.91 Å². The molecule has 1 aliphatic heterocycles. The molecule has 3 rings (SSSR count). The minimum atomic E-state index is -0.218. The first-order chi connectivity index (χ1) is 11.6. The fourth-order valence-electron chi connectivity index (χ4n) is 3.13. The number of rotatable bonds is 4. The molecule has 126 valence electrons. The van der Waals surface area contributed by atoms with E-state index in [1.54, 1.807) is 20.3 Å². The van der Waals surface area contributed by atoms with E-state index in [2.05, 4.69) is 4.98 Å². The zero-order valence-electron chi connectivity index (χ0n) is 13.7. The van der Waals surface area contributed by atoms with Crippen LogP contribution >= 0.6 is 0 Å². The average molecular weight is 328 g/mol. The third-order valence-electron chi connectivity index (χ3n) is 4.34. The van der Waals surface area contributed by atoms with E-state index < -0.39 is 0 Å². The van der Waals surface area contributed by atoms with Crippen molar-refractivity contribution in [2.45, 2.75) is 18.9 Å². The van der Waals surface area contributed by atoms with Gasteiger partial charge in [-0.1, -0.05) is 6.07 Å². The highest BCUT2D eigenvalue weighted by molar-refractivity contribution is 5.94. The largest absolute Gasteiger partial charge is 0.493 e. The molecule has 0 aliphatic carbocycles. The van der Waals surface area contributed by atoms with E-state index in [1.165, 1.54) is 12.3 Å². The van der Waals surface area contributed by atoms with Crippen LogP contribution in [0.15, 0.2) is 41.3 Å². The lowest BCUT2D eigenvalue weighted by molar-refractivity contribution is 0.0735. The van der Waals surface area contributed by atoms with Crippen LogP contribution in [-0.4, -0.2) is 36.6 Å². The lowest BCUT2D eigenvalue weighted by Crippen LogP contribution is -2.31. The second kappa shape index (κ2) is 6.78. The summed E-state index contributed by atoms with van der Waals surface area (Å²) in [6, 6.07) is 8.66. The summed E-state index contributed by atoms with van der Waals surface area (Å²) in [7, 11) is 3.19. The van der Waals surface area contributed by atoms with E-state index in [1.807, 2.05) is 23.1 Å². The van der Waals surface area contributed by atoms with Crippen molar-refractivity contribution in [2.75, 3.05) is 20.8 Å². The Morgan fingerprint density at radius 3 is 2.62 bits per heavy atom. The van der Waals surface area contributed by atoms with Crippen LogP contribution in [0.5, 0.6) is 11.5 Å². The lowest BCUT2D eigenvalue weighted by Gasteiger charge is -2.25. The summed E-state index contributed by atoms with van der Waals surface area (Å²) in [5, 5.41) is 0. The Balaban J connectivity index is 1.89. The molecule has 1 amide bonds. The normalized spacial score (nSPS) is 16.9. The number of H-pyrrole nitrogens is 1. The Kier molecular flexibility index (Phi) is 4.55. The van der Waals surface area contributed by atoms with Crippen molar-refractivity contribution in [2.24, 2.45) is 0 Å². The summed E-state index contributed by atoms with van der Waals surface area (Å²) in [5.74, 6) is 1.24. The summed E-state index contributed by atoms with van der Waals surface area (Å²) in [6.45, 7) is 0.691. The van der Waals surface area contributed by atoms with Crippen LogP contribution in [0.4, 0.5) is 0 Å². The summed E-state index contributed by atoms with van der Waals surface area (Å²) >= 11 is 0. The molecule has 2 aromatic rings. The minimum Gasteiger partial charge on any atom is -0.493 e. The predicted molar refractivity (Wildman–Crippen MR) is 89.6 cm³/mol. The van der Waals surface area contributed by atoms with Gasteiger partial charge in [-0.3, -0.25) is 9.59 Å². The van der Waals surface area contributed by atoms with Gasteiger partial charge >= 0.3 is 0 Å². The van der Waals surface area contributed by atoms with Gasteiger partial charge in [-0.2, -0.15) is 0 Å². The van der Waals surface area contributed by atoms with Crippen molar-refractivity contribution in [1.29, 1.82) is 0 Å². The van der Waals surface area contributed by atoms with Crippen molar-refractivity contribution in [3.63, 3.8) is 0 Å². The first-order valence-corrected chi connectivity index (χ1v) is 7.85. The average Bonchev–Trinajstić information content (AvgIpc) is 3.10. The van der Waals surface area contributed by atoms with Crippen molar-refractivity contribution in [3.05, 3.63) is 58.0 Å². The Bertz CT molecular complexity index is 779. The zero-order valence-corrected chi connectivity index (χ0v) is 13.7. The minimum absolute atomic E-state index is 0.00997. The van der Waals surface area contributed by atoms with Crippen LogP contribution in [0, 0.1) is 0 Å². The van der Waals surface area contributed by atoms with Gasteiger partial charge < -0.3 is 19.4 Å². The van der Waals surface area contributed by atoms with E-state index in [-0.39, 0.29) is 17.5 Å². The van der Waals surface area contributed by atoms with Gasteiger partial charge in [0.05, 0.1) is 25.8 Å². The quantitative estimate of drug-likeness (QED) is 0.935. The Hall–Kier alpha value is -2.76. The zero-order chi connectivity index (χ0) is 17.1. The molecule has 1 aromatic carbocycles. The molecule has 0 unspecified atom stereocenters.